The van der Waals surface area contributed by atoms with E-state index in [-0.39, 0.29) is 18.1 Å². The maximum atomic E-state index is 13.5. The minimum absolute atomic E-state index is 0.0470. The van der Waals surface area contributed by atoms with Crippen LogP contribution >= 0.6 is 0 Å². The van der Waals surface area contributed by atoms with Crippen molar-refractivity contribution in [1.82, 2.24) is 10.3 Å². The molecule has 9 heteroatoms. The van der Waals surface area contributed by atoms with Crippen LogP contribution in [0, 0.1) is 0 Å². The van der Waals surface area contributed by atoms with E-state index in [2.05, 4.69) is 10.5 Å². The number of ether oxygens (including phenoxy) is 1. The number of alkyl halides is 3. The third-order valence-electron chi connectivity index (χ3n) is 3.94. The van der Waals surface area contributed by atoms with Crippen molar-refractivity contribution in [3.63, 3.8) is 0 Å². The van der Waals surface area contributed by atoms with E-state index < -0.39 is 11.7 Å². The van der Waals surface area contributed by atoms with Crippen molar-refractivity contribution in [3.05, 3.63) is 29.3 Å². The number of nitrogens with one attached hydrogen (secondary N) is 1. The lowest BCUT2D eigenvalue weighted by Gasteiger charge is -2.32. The van der Waals surface area contributed by atoms with Gasteiger partial charge in [0.05, 0.1) is 25.3 Å². The van der Waals surface area contributed by atoms with Gasteiger partial charge in [0.15, 0.2) is 5.84 Å². The molecule has 2 aliphatic rings. The minimum Gasteiger partial charge on any atom is -0.378 e. The maximum absolute atomic E-state index is 13.5. The lowest BCUT2D eigenvalue weighted by molar-refractivity contribution is -0.137. The zero-order valence-electron chi connectivity index (χ0n) is 13.1. The predicted molar refractivity (Wildman–Crippen MR) is 81.8 cm³/mol. The number of hydrazone groups is 1. The monoisotopic (exact) mass is 342 g/mol. The van der Waals surface area contributed by atoms with E-state index in [0.717, 1.165) is 6.07 Å². The molecule has 2 heterocycles. The average Bonchev–Trinajstić information content (AvgIpc) is 2.54. The molecule has 2 aliphatic heterocycles. The Balaban J connectivity index is 2.00. The van der Waals surface area contributed by atoms with Gasteiger partial charge in [0.1, 0.15) is 0 Å². The molecular weight excluding hydrogens is 325 g/mol. The lowest BCUT2D eigenvalue weighted by Crippen LogP contribution is -2.43. The molecule has 130 valence electrons. The van der Waals surface area contributed by atoms with Gasteiger partial charge < -0.3 is 14.5 Å². The molecule has 0 radical (unpaired) electrons. The maximum Gasteiger partial charge on any atom is 0.418 e. The highest BCUT2D eigenvalue weighted by Gasteiger charge is 2.36. The smallest absolute Gasteiger partial charge is 0.378 e. The van der Waals surface area contributed by atoms with Gasteiger partial charge in [-0.15, -0.1) is 0 Å². The summed E-state index contributed by atoms with van der Waals surface area (Å²) in [6.45, 7) is 1.69. The molecule has 3 rings (SSSR count). The van der Waals surface area contributed by atoms with Gasteiger partial charge in [0.2, 0.25) is 0 Å². The van der Waals surface area contributed by atoms with Crippen LogP contribution in [0.15, 0.2) is 23.3 Å². The molecule has 1 aromatic rings. The molecule has 0 saturated carbocycles. The fourth-order valence-corrected chi connectivity index (χ4v) is 2.79. The lowest BCUT2D eigenvalue weighted by atomic mass is 10.0. The van der Waals surface area contributed by atoms with E-state index in [1.165, 1.54) is 11.0 Å². The van der Waals surface area contributed by atoms with Gasteiger partial charge in [-0.3, -0.25) is 4.79 Å². The SMILES string of the molecule is CN1CC(=O)NN=C1c1ccc(N2CCOCC2)c(C(F)(F)F)c1. The largest absolute Gasteiger partial charge is 0.418 e. The number of carbonyl (C=O) groups is 1. The van der Waals surface area contributed by atoms with Gasteiger partial charge in [-0.05, 0) is 18.2 Å². The molecule has 0 bridgehead atoms. The molecule has 0 spiro atoms. The van der Waals surface area contributed by atoms with E-state index >= 15 is 0 Å². The number of amidine groups is 1. The third kappa shape index (κ3) is 3.30. The Labute approximate surface area is 136 Å². The van der Waals surface area contributed by atoms with Crippen molar-refractivity contribution in [1.29, 1.82) is 0 Å². The number of rotatable bonds is 2. The summed E-state index contributed by atoms with van der Waals surface area (Å²) in [7, 11) is 1.61. The number of halogens is 3. The van der Waals surface area contributed by atoms with Crippen molar-refractivity contribution < 1.29 is 22.7 Å². The third-order valence-corrected chi connectivity index (χ3v) is 3.94. The van der Waals surface area contributed by atoms with E-state index in [0.29, 0.717) is 37.7 Å². The van der Waals surface area contributed by atoms with Crippen LogP contribution in [0.2, 0.25) is 0 Å². The summed E-state index contributed by atoms with van der Waals surface area (Å²) >= 11 is 0. The Bertz CT molecular complexity index is 669. The first kappa shape index (κ1) is 16.6. The Hall–Kier alpha value is -2.29. The van der Waals surface area contributed by atoms with Gasteiger partial charge in [-0.2, -0.15) is 18.3 Å². The highest BCUT2D eigenvalue weighted by Crippen LogP contribution is 2.37. The molecule has 0 atom stereocenters. The minimum atomic E-state index is -4.49. The average molecular weight is 342 g/mol. The van der Waals surface area contributed by atoms with Crippen LogP contribution in [-0.2, 0) is 15.7 Å². The van der Waals surface area contributed by atoms with Crippen LogP contribution < -0.4 is 10.3 Å². The molecule has 0 aliphatic carbocycles. The predicted octanol–water partition coefficient (Wildman–Crippen LogP) is 1.27. The number of benzene rings is 1. The van der Waals surface area contributed by atoms with Crippen LogP contribution in [-0.4, -0.2) is 56.5 Å². The van der Waals surface area contributed by atoms with Crippen LogP contribution in [0.1, 0.15) is 11.1 Å². The van der Waals surface area contributed by atoms with E-state index in [1.54, 1.807) is 18.0 Å². The molecule has 1 N–H and O–H groups in total. The normalized spacial score (nSPS) is 19.2. The Morgan fingerprint density at radius 2 is 1.96 bits per heavy atom. The summed E-state index contributed by atoms with van der Waals surface area (Å²) in [4.78, 5) is 14.5. The first-order valence-corrected chi connectivity index (χ1v) is 7.48. The second-order valence-corrected chi connectivity index (χ2v) is 5.66. The van der Waals surface area contributed by atoms with Crippen molar-refractivity contribution in [2.45, 2.75) is 6.18 Å². The highest BCUT2D eigenvalue weighted by atomic mass is 19.4. The molecule has 24 heavy (non-hydrogen) atoms. The van der Waals surface area contributed by atoms with E-state index in [4.69, 9.17) is 4.74 Å². The number of hydrogen-bond donors (Lipinski definition) is 1. The molecule has 1 amide bonds. The van der Waals surface area contributed by atoms with Crippen LogP contribution in [0.3, 0.4) is 0 Å². The van der Waals surface area contributed by atoms with E-state index in [1.807, 2.05) is 0 Å². The van der Waals surface area contributed by atoms with Crippen molar-refractivity contribution >= 4 is 17.4 Å². The van der Waals surface area contributed by atoms with Gasteiger partial charge in [-0.1, -0.05) is 0 Å². The first-order chi connectivity index (χ1) is 11.4. The fraction of sp³-hybridized carbons (Fsp3) is 0.467. The van der Waals surface area contributed by atoms with Crippen molar-refractivity contribution in [2.24, 2.45) is 5.10 Å². The highest BCUT2D eigenvalue weighted by molar-refractivity contribution is 6.03. The zero-order chi connectivity index (χ0) is 17.3. The van der Waals surface area contributed by atoms with Crippen molar-refractivity contribution in [3.8, 4) is 0 Å². The summed E-state index contributed by atoms with van der Waals surface area (Å²) in [5, 5.41) is 3.87. The first-order valence-electron chi connectivity index (χ1n) is 7.48. The number of morpholine rings is 1. The summed E-state index contributed by atoms with van der Waals surface area (Å²) < 4.78 is 45.8. The summed E-state index contributed by atoms with van der Waals surface area (Å²) in [6, 6.07) is 4.13. The molecule has 1 aromatic carbocycles. The standard InChI is InChI=1S/C15H17F3N4O2/c1-21-9-13(23)19-20-14(21)10-2-3-12(11(8-10)15(16,17)18)22-4-6-24-7-5-22/h2-3,8H,4-7,9H2,1H3,(H,19,23). The number of carbonyl (C=O) groups excluding carboxylic acids is 1. The Kier molecular flexibility index (Phi) is 4.35. The molecule has 0 unspecified atom stereocenters. The fourth-order valence-electron chi connectivity index (χ4n) is 2.79. The van der Waals surface area contributed by atoms with Gasteiger partial charge >= 0.3 is 6.18 Å². The second-order valence-electron chi connectivity index (χ2n) is 5.66. The van der Waals surface area contributed by atoms with Crippen molar-refractivity contribution in [2.75, 3.05) is 44.8 Å². The summed E-state index contributed by atoms with van der Waals surface area (Å²) in [6.07, 6.45) is -4.49. The Morgan fingerprint density at radius 1 is 1.25 bits per heavy atom. The molecule has 0 aromatic heterocycles. The Morgan fingerprint density at radius 3 is 2.58 bits per heavy atom. The van der Waals surface area contributed by atoms with Crippen LogP contribution in [0.5, 0.6) is 0 Å². The number of nitrogens with zero attached hydrogens (tertiary/aromatic N) is 3. The number of hydrogen-bond acceptors (Lipinski definition) is 5. The van der Waals surface area contributed by atoms with Crippen LogP contribution in [0.4, 0.5) is 18.9 Å². The number of amides is 1. The van der Waals surface area contributed by atoms with Gasteiger partial charge in [0, 0.05) is 31.4 Å². The quantitative estimate of drug-likeness (QED) is 0.879. The summed E-state index contributed by atoms with van der Waals surface area (Å²) in [5.41, 5.74) is 2.03. The molecule has 6 nitrogen and oxygen atoms in total. The molecule has 1 saturated heterocycles. The van der Waals surface area contributed by atoms with E-state index in [9.17, 15) is 18.0 Å². The van der Waals surface area contributed by atoms with Gasteiger partial charge in [-0.25, -0.2) is 5.43 Å². The zero-order valence-corrected chi connectivity index (χ0v) is 13.1. The number of anilines is 1. The van der Waals surface area contributed by atoms with Crippen LogP contribution in [0.25, 0.3) is 0 Å². The summed E-state index contributed by atoms with van der Waals surface area (Å²) in [5.74, 6) is -0.00383. The topological polar surface area (TPSA) is 57.2 Å². The number of likely N-dealkylation sites (N-methyl/N-ethyl adjacent to an activating group) is 1. The van der Waals surface area contributed by atoms with Gasteiger partial charge in [0.25, 0.3) is 5.91 Å². The molecular formula is C15H17F3N4O2. The second kappa shape index (κ2) is 6.31. The molecule has 1 fully saturated rings.